The van der Waals surface area contributed by atoms with Crippen molar-refractivity contribution in [3.8, 4) is 0 Å². The van der Waals surface area contributed by atoms with E-state index in [9.17, 15) is 19.7 Å². The maximum absolute atomic E-state index is 13.0. The van der Waals surface area contributed by atoms with Crippen LogP contribution >= 0.6 is 23.2 Å². The highest BCUT2D eigenvalue weighted by Crippen LogP contribution is 2.37. The molecular formula is C18H16Cl2N2O7. The minimum absolute atomic E-state index is 0.124. The van der Waals surface area contributed by atoms with Gasteiger partial charge in [0.1, 0.15) is 13.2 Å². The van der Waals surface area contributed by atoms with Crippen LogP contribution in [-0.2, 0) is 29.6 Å². The van der Waals surface area contributed by atoms with Crippen molar-refractivity contribution < 1.29 is 29.0 Å². The Kier molecular flexibility index (Phi) is 7.63. The second kappa shape index (κ2) is 9.94. The summed E-state index contributed by atoms with van der Waals surface area (Å²) in [6.45, 7) is 0.140. The fourth-order valence-electron chi connectivity index (χ4n) is 2.40. The molecule has 154 valence electrons. The summed E-state index contributed by atoms with van der Waals surface area (Å²) in [5, 5.41) is 12.3. The van der Waals surface area contributed by atoms with Crippen molar-refractivity contribution in [1.29, 1.82) is 0 Å². The molecule has 0 aliphatic carbocycles. The van der Waals surface area contributed by atoms with E-state index in [1.165, 1.54) is 24.3 Å². The van der Waals surface area contributed by atoms with E-state index in [2.05, 4.69) is 10.2 Å². The van der Waals surface area contributed by atoms with Gasteiger partial charge in [0.2, 0.25) is 0 Å². The van der Waals surface area contributed by atoms with Crippen molar-refractivity contribution in [2.75, 3.05) is 18.5 Å². The van der Waals surface area contributed by atoms with Crippen LogP contribution in [0.4, 0.5) is 5.69 Å². The molecule has 0 amide bonds. The molecule has 0 spiro atoms. The summed E-state index contributed by atoms with van der Waals surface area (Å²) in [5.74, 6) is -1.86. The van der Waals surface area contributed by atoms with Gasteiger partial charge in [0.25, 0.3) is 5.09 Å². The van der Waals surface area contributed by atoms with E-state index < -0.39 is 36.0 Å². The third-order valence-electron chi connectivity index (χ3n) is 3.54. The SMILES string of the molecule is CC(=O)OC(Nc1c(Cl)cccc1Cl)(C(=O)OCCO[N+](=O)[O-])c1ccccc1. The third-order valence-corrected chi connectivity index (χ3v) is 4.17. The quantitative estimate of drug-likeness (QED) is 0.206. The van der Waals surface area contributed by atoms with Gasteiger partial charge in [0.15, 0.2) is 0 Å². The average Bonchev–Trinajstić information content (AvgIpc) is 2.67. The molecule has 0 saturated heterocycles. The van der Waals surface area contributed by atoms with E-state index >= 15 is 0 Å². The molecule has 0 aliphatic heterocycles. The number of carbonyl (C=O) groups is 2. The Labute approximate surface area is 175 Å². The third kappa shape index (κ3) is 5.72. The number of para-hydroxylation sites is 1. The van der Waals surface area contributed by atoms with E-state index in [1.54, 1.807) is 24.3 Å². The Morgan fingerprint density at radius 2 is 1.69 bits per heavy atom. The monoisotopic (exact) mass is 442 g/mol. The number of nitrogens with zero attached hydrogens (tertiary/aromatic N) is 1. The molecule has 0 saturated carbocycles. The first kappa shape index (κ1) is 22.3. The molecule has 9 nitrogen and oxygen atoms in total. The Bertz CT molecular complexity index is 875. The molecule has 2 aromatic carbocycles. The molecule has 11 heteroatoms. The van der Waals surface area contributed by atoms with Crippen molar-refractivity contribution in [2.24, 2.45) is 0 Å². The number of rotatable bonds is 9. The highest BCUT2D eigenvalue weighted by Gasteiger charge is 2.46. The van der Waals surface area contributed by atoms with Crippen LogP contribution in [-0.4, -0.2) is 30.2 Å². The van der Waals surface area contributed by atoms with Crippen molar-refractivity contribution in [3.05, 3.63) is 74.3 Å². The first-order chi connectivity index (χ1) is 13.8. The summed E-state index contributed by atoms with van der Waals surface area (Å²) in [5.41, 5.74) is -1.82. The lowest BCUT2D eigenvalue weighted by atomic mass is 10.0. The first-order valence-corrected chi connectivity index (χ1v) is 8.93. The standard InChI is InChI=1S/C18H16Cl2N2O7/c1-12(23)29-18(13-6-3-2-4-7-13,17(24)27-10-11-28-22(25)26)21-16-14(19)8-5-9-15(16)20/h2-9,21H,10-11H2,1H3. The van der Waals surface area contributed by atoms with Gasteiger partial charge in [-0.25, -0.2) is 4.79 Å². The van der Waals surface area contributed by atoms with Crippen LogP contribution in [0.15, 0.2) is 48.5 Å². The summed E-state index contributed by atoms with van der Waals surface area (Å²) in [4.78, 5) is 39.2. The molecule has 0 bridgehead atoms. The highest BCUT2D eigenvalue weighted by molar-refractivity contribution is 6.39. The van der Waals surface area contributed by atoms with Crippen molar-refractivity contribution in [2.45, 2.75) is 12.6 Å². The number of ether oxygens (including phenoxy) is 2. The summed E-state index contributed by atoms with van der Waals surface area (Å²) in [6, 6.07) is 12.6. The molecule has 0 radical (unpaired) electrons. The predicted octanol–water partition coefficient (Wildman–Crippen LogP) is 3.57. The summed E-state index contributed by atoms with van der Waals surface area (Å²) in [6.07, 6.45) is 0. The molecule has 29 heavy (non-hydrogen) atoms. The molecular weight excluding hydrogens is 427 g/mol. The van der Waals surface area contributed by atoms with Crippen LogP contribution in [0, 0.1) is 10.1 Å². The molecule has 0 aromatic heterocycles. The first-order valence-electron chi connectivity index (χ1n) is 8.18. The van der Waals surface area contributed by atoms with E-state index in [0.717, 1.165) is 6.92 Å². The van der Waals surface area contributed by atoms with Crippen molar-refractivity contribution in [3.63, 3.8) is 0 Å². The number of carbonyl (C=O) groups excluding carboxylic acids is 2. The number of anilines is 1. The Balaban J connectivity index is 2.47. The van der Waals surface area contributed by atoms with Gasteiger partial charge in [0, 0.05) is 12.5 Å². The molecule has 1 N–H and O–H groups in total. The van der Waals surface area contributed by atoms with Crippen molar-refractivity contribution >= 4 is 40.8 Å². The number of nitrogens with one attached hydrogen (secondary N) is 1. The summed E-state index contributed by atoms with van der Waals surface area (Å²) < 4.78 is 10.4. The zero-order chi connectivity index (χ0) is 21.4. The van der Waals surface area contributed by atoms with Gasteiger partial charge in [-0.2, -0.15) is 0 Å². The normalized spacial score (nSPS) is 12.4. The Morgan fingerprint density at radius 1 is 1.07 bits per heavy atom. The molecule has 0 aliphatic rings. The summed E-state index contributed by atoms with van der Waals surface area (Å²) in [7, 11) is 0. The number of benzene rings is 2. The number of halogens is 2. The molecule has 2 aromatic rings. The smallest absolute Gasteiger partial charge is 0.377 e. The van der Waals surface area contributed by atoms with Gasteiger partial charge in [-0.3, -0.25) is 4.79 Å². The molecule has 0 fully saturated rings. The van der Waals surface area contributed by atoms with Gasteiger partial charge in [-0.05, 0) is 12.1 Å². The van der Waals surface area contributed by atoms with Gasteiger partial charge in [0.05, 0.1) is 15.7 Å². The van der Waals surface area contributed by atoms with Crippen LogP contribution < -0.4 is 5.32 Å². The molecule has 1 unspecified atom stereocenters. The van der Waals surface area contributed by atoms with E-state index in [4.69, 9.17) is 32.7 Å². The molecule has 2 rings (SSSR count). The van der Waals surface area contributed by atoms with Gasteiger partial charge >= 0.3 is 17.7 Å². The highest BCUT2D eigenvalue weighted by atomic mass is 35.5. The number of hydrogen-bond acceptors (Lipinski definition) is 8. The van der Waals surface area contributed by atoms with Crippen LogP contribution in [0.2, 0.25) is 10.0 Å². The van der Waals surface area contributed by atoms with Crippen LogP contribution in [0.3, 0.4) is 0 Å². The lowest BCUT2D eigenvalue weighted by Gasteiger charge is -2.33. The number of hydrogen-bond donors (Lipinski definition) is 1. The number of esters is 2. The predicted molar refractivity (Wildman–Crippen MR) is 104 cm³/mol. The molecule has 0 heterocycles. The van der Waals surface area contributed by atoms with Gasteiger partial charge < -0.3 is 19.6 Å². The zero-order valence-electron chi connectivity index (χ0n) is 15.1. The lowest BCUT2D eigenvalue weighted by Crippen LogP contribution is -2.48. The fraction of sp³-hybridized carbons (Fsp3) is 0.222. The maximum Gasteiger partial charge on any atom is 0.377 e. The van der Waals surface area contributed by atoms with E-state index in [0.29, 0.717) is 0 Å². The van der Waals surface area contributed by atoms with Gasteiger partial charge in [-0.1, -0.05) is 59.6 Å². The van der Waals surface area contributed by atoms with E-state index in [-0.39, 0.29) is 21.3 Å². The van der Waals surface area contributed by atoms with Crippen LogP contribution in [0.5, 0.6) is 0 Å². The minimum atomic E-state index is -2.16. The average molecular weight is 443 g/mol. The van der Waals surface area contributed by atoms with Crippen LogP contribution in [0.1, 0.15) is 12.5 Å². The molecule has 1 atom stereocenters. The van der Waals surface area contributed by atoms with Gasteiger partial charge in [-0.15, -0.1) is 10.1 Å². The van der Waals surface area contributed by atoms with Crippen molar-refractivity contribution in [1.82, 2.24) is 0 Å². The fourth-order valence-corrected chi connectivity index (χ4v) is 2.89. The second-order valence-electron chi connectivity index (χ2n) is 5.56. The van der Waals surface area contributed by atoms with Crippen LogP contribution in [0.25, 0.3) is 0 Å². The van der Waals surface area contributed by atoms with E-state index in [1.807, 2.05) is 0 Å². The minimum Gasteiger partial charge on any atom is -0.459 e. The maximum atomic E-state index is 13.0. The lowest BCUT2D eigenvalue weighted by molar-refractivity contribution is -0.757. The topological polar surface area (TPSA) is 117 Å². The Morgan fingerprint density at radius 3 is 2.24 bits per heavy atom. The summed E-state index contributed by atoms with van der Waals surface area (Å²) >= 11 is 12.4. The Hall–Kier alpha value is -3.04. The zero-order valence-corrected chi connectivity index (χ0v) is 16.6. The largest absolute Gasteiger partial charge is 0.459 e. The second-order valence-corrected chi connectivity index (χ2v) is 6.37.